The summed E-state index contributed by atoms with van der Waals surface area (Å²) >= 11 is 0. The molecule has 166 valence electrons. The van der Waals surface area contributed by atoms with Crippen molar-refractivity contribution in [1.82, 2.24) is 34.7 Å². The van der Waals surface area contributed by atoms with E-state index in [9.17, 15) is 9.18 Å². The van der Waals surface area contributed by atoms with Gasteiger partial charge in [0.25, 0.3) is 5.95 Å². The third kappa shape index (κ3) is 4.63. The minimum Gasteiger partial charge on any atom is -0.458 e. The Morgan fingerprint density at radius 1 is 1.22 bits per heavy atom. The van der Waals surface area contributed by atoms with Crippen LogP contribution in [0.3, 0.4) is 0 Å². The van der Waals surface area contributed by atoms with E-state index in [4.69, 9.17) is 9.47 Å². The number of aryl methyl sites for hydroxylation is 1. The summed E-state index contributed by atoms with van der Waals surface area (Å²) in [5.74, 6) is 0.221. The lowest BCUT2D eigenvalue weighted by Gasteiger charge is -2.09. The molecular weight excluding hydrogens is 419 g/mol. The maximum Gasteiger partial charge on any atom is 0.412 e. The molecule has 32 heavy (non-hydrogen) atoms. The van der Waals surface area contributed by atoms with Gasteiger partial charge < -0.3 is 9.47 Å². The number of nitrogens with zero attached hydrogens (tertiary/aromatic N) is 7. The quantitative estimate of drug-likeness (QED) is 0.415. The highest BCUT2D eigenvalue weighted by atomic mass is 19.1. The molecule has 0 spiro atoms. The van der Waals surface area contributed by atoms with Gasteiger partial charge in [-0.05, 0) is 41.1 Å². The molecule has 0 aliphatic carbocycles. The molecule has 0 saturated carbocycles. The molecule has 0 saturated heterocycles. The summed E-state index contributed by atoms with van der Waals surface area (Å²) in [6.45, 7) is 2.40. The van der Waals surface area contributed by atoms with Gasteiger partial charge in [0.2, 0.25) is 0 Å². The molecule has 4 aromatic rings. The molecule has 4 rings (SSSR count). The molecule has 3 aromatic heterocycles. The number of pyridine rings is 1. The normalized spacial score (nSPS) is 11.0. The standard InChI is InChI=1S/C20H21FN8O3/c1-3-4-10-31-20(30)24-17-7-5-6-14(22-17)12-32-19-23-15-9-8-13(21)11-16(15)29(19)18-25-26-27-28(18)2/h5-9,11H,3-4,10,12H2,1-2H3,(H,22,24,30). The Bertz CT molecular complexity index is 1240. The van der Waals surface area contributed by atoms with Crippen molar-refractivity contribution in [2.45, 2.75) is 26.4 Å². The van der Waals surface area contributed by atoms with E-state index in [2.05, 4.69) is 30.8 Å². The highest BCUT2D eigenvalue weighted by Gasteiger charge is 2.19. The Morgan fingerprint density at radius 3 is 2.88 bits per heavy atom. The van der Waals surface area contributed by atoms with E-state index in [-0.39, 0.29) is 12.6 Å². The molecule has 12 heteroatoms. The third-order valence-electron chi connectivity index (χ3n) is 4.50. The van der Waals surface area contributed by atoms with Gasteiger partial charge in [-0.1, -0.05) is 24.5 Å². The molecule has 3 heterocycles. The first kappa shape index (κ1) is 21.2. The summed E-state index contributed by atoms with van der Waals surface area (Å²) in [7, 11) is 1.65. The number of amides is 1. The highest BCUT2D eigenvalue weighted by Crippen LogP contribution is 2.26. The van der Waals surface area contributed by atoms with E-state index in [1.54, 1.807) is 31.3 Å². The fraction of sp³-hybridized carbons (Fsp3) is 0.300. The molecule has 0 radical (unpaired) electrons. The van der Waals surface area contributed by atoms with Gasteiger partial charge in [-0.3, -0.25) is 5.32 Å². The molecule has 0 bridgehead atoms. The Kier molecular flexibility index (Phi) is 6.19. The number of nitrogens with one attached hydrogen (secondary N) is 1. The van der Waals surface area contributed by atoms with Gasteiger partial charge in [-0.25, -0.2) is 23.4 Å². The molecule has 0 atom stereocenters. The van der Waals surface area contributed by atoms with Crippen LogP contribution in [0.1, 0.15) is 25.5 Å². The molecule has 1 aromatic carbocycles. The van der Waals surface area contributed by atoms with E-state index in [1.165, 1.54) is 21.4 Å². The summed E-state index contributed by atoms with van der Waals surface area (Å²) in [5, 5.41) is 14.0. The van der Waals surface area contributed by atoms with E-state index in [0.29, 0.717) is 35.1 Å². The first-order chi connectivity index (χ1) is 15.5. The van der Waals surface area contributed by atoms with E-state index in [0.717, 1.165) is 12.8 Å². The smallest absolute Gasteiger partial charge is 0.412 e. The zero-order chi connectivity index (χ0) is 22.5. The Morgan fingerprint density at radius 2 is 2.09 bits per heavy atom. The van der Waals surface area contributed by atoms with Gasteiger partial charge in [-0.2, -0.15) is 4.98 Å². The van der Waals surface area contributed by atoms with Crippen molar-refractivity contribution in [3.8, 4) is 12.0 Å². The van der Waals surface area contributed by atoms with Crippen molar-refractivity contribution < 1.29 is 18.7 Å². The molecule has 0 unspecified atom stereocenters. The lowest BCUT2D eigenvalue weighted by molar-refractivity contribution is 0.159. The van der Waals surface area contributed by atoms with Crippen molar-refractivity contribution in [3.63, 3.8) is 0 Å². The van der Waals surface area contributed by atoms with Gasteiger partial charge in [0.05, 0.1) is 23.3 Å². The van der Waals surface area contributed by atoms with E-state index in [1.807, 2.05) is 6.92 Å². The lowest BCUT2D eigenvalue weighted by atomic mass is 10.3. The number of halogens is 1. The number of aromatic nitrogens is 7. The fourth-order valence-corrected chi connectivity index (χ4v) is 2.95. The summed E-state index contributed by atoms with van der Waals surface area (Å²) in [5.41, 5.74) is 1.51. The highest BCUT2D eigenvalue weighted by molar-refractivity contribution is 5.83. The SMILES string of the molecule is CCCCOC(=O)Nc1cccc(COc2nc3ccc(F)cc3n2-c2nnnn2C)n1. The van der Waals surface area contributed by atoms with Gasteiger partial charge in [0.1, 0.15) is 18.2 Å². The average Bonchev–Trinajstić information content (AvgIpc) is 3.34. The second kappa shape index (κ2) is 9.37. The van der Waals surface area contributed by atoms with Crippen LogP contribution in [-0.2, 0) is 18.4 Å². The van der Waals surface area contributed by atoms with Crippen molar-refractivity contribution in [2.24, 2.45) is 7.05 Å². The van der Waals surface area contributed by atoms with Crippen molar-refractivity contribution >= 4 is 22.9 Å². The number of rotatable bonds is 8. The summed E-state index contributed by atoms with van der Waals surface area (Å²) in [4.78, 5) is 20.6. The van der Waals surface area contributed by atoms with Crippen LogP contribution in [0, 0.1) is 5.82 Å². The summed E-state index contributed by atoms with van der Waals surface area (Å²) in [6.07, 6.45) is 1.16. The molecule has 11 nitrogen and oxygen atoms in total. The second-order valence-electron chi connectivity index (χ2n) is 6.88. The summed E-state index contributed by atoms with van der Waals surface area (Å²) in [6, 6.07) is 9.48. The first-order valence-electron chi connectivity index (χ1n) is 9.98. The maximum absolute atomic E-state index is 13.9. The predicted octanol–water partition coefficient (Wildman–Crippen LogP) is 3.01. The van der Waals surface area contributed by atoms with Crippen LogP contribution in [0.5, 0.6) is 6.01 Å². The number of ether oxygens (including phenoxy) is 2. The van der Waals surface area contributed by atoms with Crippen LogP contribution in [0.25, 0.3) is 17.0 Å². The van der Waals surface area contributed by atoms with Crippen LogP contribution in [0.15, 0.2) is 36.4 Å². The first-order valence-corrected chi connectivity index (χ1v) is 9.98. The average molecular weight is 440 g/mol. The fourth-order valence-electron chi connectivity index (χ4n) is 2.95. The Hall–Kier alpha value is -4.09. The minimum absolute atomic E-state index is 0.0392. The zero-order valence-electron chi connectivity index (χ0n) is 17.5. The van der Waals surface area contributed by atoms with Crippen LogP contribution < -0.4 is 10.1 Å². The van der Waals surface area contributed by atoms with Gasteiger partial charge in [0, 0.05) is 13.1 Å². The lowest BCUT2D eigenvalue weighted by Crippen LogP contribution is -2.16. The zero-order valence-corrected chi connectivity index (χ0v) is 17.5. The van der Waals surface area contributed by atoms with Crippen molar-refractivity contribution in [2.75, 3.05) is 11.9 Å². The number of hydrogen-bond donors (Lipinski definition) is 1. The topological polar surface area (TPSA) is 122 Å². The predicted molar refractivity (Wildman–Crippen MR) is 112 cm³/mol. The number of benzene rings is 1. The minimum atomic E-state index is -0.567. The number of carbonyl (C=O) groups is 1. The van der Waals surface area contributed by atoms with Gasteiger partial charge in [-0.15, -0.1) is 0 Å². The second-order valence-corrected chi connectivity index (χ2v) is 6.88. The number of tetrazole rings is 1. The molecule has 1 N–H and O–H groups in total. The van der Waals surface area contributed by atoms with Gasteiger partial charge in [0.15, 0.2) is 0 Å². The van der Waals surface area contributed by atoms with Crippen LogP contribution in [-0.4, -0.2) is 47.4 Å². The van der Waals surface area contributed by atoms with Gasteiger partial charge >= 0.3 is 12.1 Å². The van der Waals surface area contributed by atoms with Crippen molar-refractivity contribution in [1.29, 1.82) is 0 Å². The number of unbranched alkanes of at least 4 members (excludes halogenated alkanes) is 1. The Labute approximate surface area is 182 Å². The molecule has 0 aliphatic heterocycles. The number of hydrogen-bond acceptors (Lipinski definition) is 8. The maximum atomic E-state index is 13.9. The van der Waals surface area contributed by atoms with Crippen LogP contribution in [0.4, 0.5) is 15.0 Å². The number of fused-ring (bicyclic) bond motifs is 1. The number of carbonyl (C=O) groups excluding carboxylic acids is 1. The monoisotopic (exact) mass is 440 g/mol. The summed E-state index contributed by atoms with van der Waals surface area (Å²) < 4.78 is 27.8. The van der Waals surface area contributed by atoms with E-state index < -0.39 is 11.9 Å². The molecule has 0 aliphatic rings. The van der Waals surface area contributed by atoms with Crippen LogP contribution >= 0.6 is 0 Å². The largest absolute Gasteiger partial charge is 0.458 e. The van der Waals surface area contributed by atoms with E-state index >= 15 is 0 Å². The molecular formula is C20H21FN8O3. The molecule has 1 amide bonds. The van der Waals surface area contributed by atoms with Crippen molar-refractivity contribution in [3.05, 3.63) is 47.9 Å². The number of anilines is 1. The van der Waals surface area contributed by atoms with Crippen LogP contribution in [0.2, 0.25) is 0 Å². The number of imidazole rings is 1. The third-order valence-corrected chi connectivity index (χ3v) is 4.50. The molecule has 0 fully saturated rings. The Balaban J connectivity index is 1.54.